The second-order valence-corrected chi connectivity index (χ2v) is 4.37. The SMILES string of the molecule is CC1=C/C(=N/NC(=O)COc2ccc(F)cc2)CC1. The van der Waals surface area contributed by atoms with E-state index in [1.165, 1.54) is 29.8 Å². The number of carbonyl (C=O) groups excluding carboxylic acids is 1. The van der Waals surface area contributed by atoms with Gasteiger partial charge in [-0.3, -0.25) is 4.79 Å². The Balaban J connectivity index is 1.77. The fraction of sp³-hybridized carbons (Fsp3) is 0.286. The highest BCUT2D eigenvalue weighted by Gasteiger charge is 2.07. The summed E-state index contributed by atoms with van der Waals surface area (Å²) in [5.41, 5.74) is 4.56. The molecular formula is C14H15FN2O2. The number of benzene rings is 1. The van der Waals surface area contributed by atoms with E-state index in [1.807, 2.05) is 13.0 Å². The average molecular weight is 262 g/mol. The van der Waals surface area contributed by atoms with Crippen LogP contribution in [0.25, 0.3) is 0 Å². The Kier molecular flexibility index (Phi) is 4.28. The van der Waals surface area contributed by atoms with Gasteiger partial charge in [0.2, 0.25) is 0 Å². The van der Waals surface area contributed by atoms with Crippen LogP contribution < -0.4 is 10.2 Å². The average Bonchev–Trinajstić information content (AvgIpc) is 2.81. The molecule has 0 heterocycles. The van der Waals surface area contributed by atoms with Gasteiger partial charge in [0.25, 0.3) is 5.91 Å². The van der Waals surface area contributed by atoms with Crippen LogP contribution in [0, 0.1) is 5.82 Å². The molecule has 2 rings (SSSR count). The number of rotatable bonds is 4. The fourth-order valence-electron chi connectivity index (χ4n) is 1.69. The van der Waals surface area contributed by atoms with Crippen molar-refractivity contribution in [2.75, 3.05) is 6.61 Å². The van der Waals surface area contributed by atoms with Gasteiger partial charge in [-0.15, -0.1) is 0 Å². The smallest absolute Gasteiger partial charge is 0.277 e. The highest BCUT2D eigenvalue weighted by atomic mass is 19.1. The molecule has 100 valence electrons. The number of nitrogens with one attached hydrogen (secondary N) is 1. The highest BCUT2D eigenvalue weighted by Crippen LogP contribution is 2.14. The van der Waals surface area contributed by atoms with E-state index in [0.29, 0.717) is 5.75 Å². The van der Waals surface area contributed by atoms with Crippen molar-refractivity contribution in [1.82, 2.24) is 5.43 Å². The molecule has 0 spiro atoms. The van der Waals surface area contributed by atoms with Crippen LogP contribution >= 0.6 is 0 Å². The van der Waals surface area contributed by atoms with Crippen LogP contribution in [0.4, 0.5) is 4.39 Å². The van der Waals surface area contributed by atoms with E-state index < -0.39 is 0 Å². The third-order valence-electron chi connectivity index (χ3n) is 2.70. The lowest BCUT2D eigenvalue weighted by atomic mass is 10.3. The number of carbonyl (C=O) groups is 1. The molecule has 0 fully saturated rings. The molecule has 0 bridgehead atoms. The van der Waals surface area contributed by atoms with Crippen molar-refractivity contribution in [3.8, 4) is 5.75 Å². The van der Waals surface area contributed by atoms with Gasteiger partial charge in [0.1, 0.15) is 11.6 Å². The molecular weight excluding hydrogens is 247 g/mol. The molecule has 1 N–H and O–H groups in total. The Morgan fingerprint density at radius 1 is 1.37 bits per heavy atom. The Bertz CT molecular complexity index is 521. The summed E-state index contributed by atoms with van der Waals surface area (Å²) in [7, 11) is 0. The Morgan fingerprint density at radius 2 is 2.11 bits per heavy atom. The van der Waals surface area contributed by atoms with Gasteiger partial charge in [-0.1, -0.05) is 5.57 Å². The quantitative estimate of drug-likeness (QED) is 0.847. The van der Waals surface area contributed by atoms with Gasteiger partial charge in [-0.05, 0) is 50.1 Å². The Labute approximate surface area is 111 Å². The first-order valence-corrected chi connectivity index (χ1v) is 6.04. The monoisotopic (exact) mass is 262 g/mol. The summed E-state index contributed by atoms with van der Waals surface area (Å²) in [6.45, 7) is 1.88. The maximum atomic E-state index is 12.7. The van der Waals surface area contributed by atoms with E-state index in [4.69, 9.17) is 4.74 Å². The van der Waals surface area contributed by atoms with Crippen LogP contribution in [0.15, 0.2) is 41.0 Å². The van der Waals surface area contributed by atoms with Gasteiger partial charge in [-0.2, -0.15) is 5.10 Å². The van der Waals surface area contributed by atoms with Crippen LogP contribution in [-0.2, 0) is 4.79 Å². The predicted octanol–water partition coefficient (Wildman–Crippen LogP) is 2.42. The van der Waals surface area contributed by atoms with Gasteiger partial charge in [0.05, 0.1) is 5.71 Å². The van der Waals surface area contributed by atoms with Crippen molar-refractivity contribution in [3.05, 3.63) is 41.7 Å². The number of halogens is 1. The molecule has 19 heavy (non-hydrogen) atoms. The molecule has 0 atom stereocenters. The number of hydrogen-bond donors (Lipinski definition) is 1. The molecule has 1 aromatic rings. The highest BCUT2D eigenvalue weighted by molar-refractivity contribution is 5.98. The molecule has 0 saturated carbocycles. The van der Waals surface area contributed by atoms with E-state index in [2.05, 4.69) is 10.5 Å². The Morgan fingerprint density at radius 3 is 2.74 bits per heavy atom. The summed E-state index contributed by atoms with van der Waals surface area (Å²) in [5, 5.41) is 4.00. The molecule has 1 aliphatic carbocycles. The van der Waals surface area contributed by atoms with Crippen LogP contribution in [0.5, 0.6) is 5.75 Å². The van der Waals surface area contributed by atoms with Gasteiger partial charge >= 0.3 is 0 Å². The number of allylic oxidation sites excluding steroid dienone is 2. The van der Waals surface area contributed by atoms with Crippen LogP contribution in [0.1, 0.15) is 19.8 Å². The van der Waals surface area contributed by atoms with Crippen molar-refractivity contribution < 1.29 is 13.9 Å². The molecule has 1 amide bonds. The van der Waals surface area contributed by atoms with Crippen molar-refractivity contribution in [3.63, 3.8) is 0 Å². The third-order valence-corrected chi connectivity index (χ3v) is 2.70. The topological polar surface area (TPSA) is 50.7 Å². The lowest BCUT2D eigenvalue weighted by Gasteiger charge is -2.04. The normalized spacial score (nSPS) is 16.3. The minimum absolute atomic E-state index is 0.148. The van der Waals surface area contributed by atoms with Crippen LogP contribution in [0.3, 0.4) is 0 Å². The van der Waals surface area contributed by atoms with E-state index in [9.17, 15) is 9.18 Å². The second-order valence-electron chi connectivity index (χ2n) is 4.37. The molecule has 0 unspecified atom stereocenters. The van der Waals surface area contributed by atoms with E-state index in [-0.39, 0.29) is 18.3 Å². The van der Waals surface area contributed by atoms with E-state index >= 15 is 0 Å². The summed E-state index contributed by atoms with van der Waals surface area (Å²) >= 11 is 0. The van der Waals surface area contributed by atoms with E-state index in [0.717, 1.165) is 18.6 Å². The largest absolute Gasteiger partial charge is 0.484 e. The number of amides is 1. The lowest BCUT2D eigenvalue weighted by molar-refractivity contribution is -0.123. The first-order chi connectivity index (χ1) is 9.13. The predicted molar refractivity (Wildman–Crippen MR) is 70.5 cm³/mol. The molecule has 1 aromatic carbocycles. The minimum atomic E-state index is -0.341. The van der Waals surface area contributed by atoms with Crippen molar-refractivity contribution in [2.45, 2.75) is 19.8 Å². The summed E-state index contributed by atoms with van der Waals surface area (Å²) in [6.07, 6.45) is 3.80. The molecule has 0 radical (unpaired) electrons. The molecule has 4 nitrogen and oxygen atoms in total. The number of nitrogens with zero attached hydrogens (tertiary/aromatic N) is 1. The maximum Gasteiger partial charge on any atom is 0.277 e. The molecule has 0 saturated heterocycles. The zero-order valence-electron chi connectivity index (χ0n) is 10.6. The van der Waals surface area contributed by atoms with Crippen LogP contribution in [-0.4, -0.2) is 18.2 Å². The van der Waals surface area contributed by atoms with Crippen LogP contribution in [0.2, 0.25) is 0 Å². The summed E-state index contributed by atoms with van der Waals surface area (Å²) < 4.78 is 17.8. The molecule has 0 aromatic heterocycles. The minimum Gasteiger partial charge on any atom is -0.484 e. The molecule has 1 aliphatic rings. The van der Waals surface area contributed by atoms with Gasteiger partial charge < -0.3 is 4.74 Å². The third kappa shape index (κ3) is 4.21. The van der Waals surface area contributed by atoms with Gasteiger partial charge in [0.15, 0.2) is 6.61 Å². The summed E-state index contributed by atoms with van der Waals surface area (Å²) in [4.78, 5) is 11.5. The fourth-order valence-corrected chi connectivity index (χ4v) is 1.69. The summed E-state index contributed by atoms with van der Waals surface area (Å²) in [6, 6.07) is 5.49. The zero-order chi connectivity index (χ0) is 13.7. The maximum absolute atomic E-state index is 12.7. The standard InChI is InChI=1S/C14H15FN2O2/c1-10-2-5-12(8-10)16-17-14(18)9-19-13-6-3-11(15)4-7-13/h3-4,6-8H,2,5,9H2,1H3,(H,17,18)/b16-12+. The number of hydrogen-bond acceptors (Lipinski definition) is 3. The van der Waals surface area contributed by atoms with Gasteiger partial charge in [-0.25, -0.2) is 9.82 Å². The lowest BCUT2D eigenvalue weighted by Crippen LogP contribution is -2.25. The van der Waals surface area contributed by atoms with Crippen molar-refractivity contribution in [1.29, 1.82) is 0 Å². The molecule has 0 aliphatic heterocycles. The van der Waals surface area contributed by atoms with Crippen molar-refractivity contribution in [2.24, 2.45) is 5.10 Å². The number of ether oxygens (including phenoxy) is 1. The first kappa shape index (κ1) is 13.3. The van der Waals surface area contributed by atoms with Crippen molar-refractivity contribution >= 4 is 11.6 Å². The number of hydrazone groups is 1. The Hall–Kier alpha value is -2.17. The second kappa shape index (κ2) is 6.13. The first-order valence-electron chi connectivity index (χ1n) is 6.04. The molecule has 5 heteroatoms. The van der Waals surface area contributed by atoms with Gasteiger partial charge in [0, 0.05) is 0 Å². The van der Waals surface area contributed by atoms with E-state index in [1.54, 1.807) is 0 Å². The zero-order valence-corrected chi connectivity index (χ0v) is 10.6. The summed E-state index contributed by atoms with van der Waals surface area (Å²) in [5.74, 6) is -0.234.